The van der Waals surface area contributed by atoms with E-state index in [0.717, 1.165) is 4.90 Å². The molecule has 0 aromatic rings. The first-order valence-corrected chi connectivity index (χ1v) is 8.66. The third kappa shape index (κ3) is 5.08. The number of carbonyl (C=O) groups is 5. The number of nitrogens with zero attached hydrogens (tertiary/aromatic N) is 3. The van der Waals surface area contributed by atoms with Gasteiger partial charge in [-0.3, -0.25) is 39.1 Å². The van der Waals surface area contributed by atoms with E-state index in [9.17, 15) is 24.0 Å². The molecule has 2 aliphatic rings. The SMILES string of the molecule is CC(N)C(=O)OCN1C(=O)CN(C(C)C(C)N2CC(=O)NC(=O)C2)CC1=O. The van der Waals surface area contributed by atoms with Crippen LogP contribution in [0.4, 0.5) is 0 Å². The number of carbonyl (C=O) groups excluding carboxylic acids is 5. The Bertz CT molecular complexity index is 617. The summed E-state index contributed by atoms with van der Waals surface area (Å²) in [6, 6.07) is -1.34. The number of ether oxygens (including phenoxy) is 1. The zero-order chi connectivity index (χ0) is 20.3. The maximum atomic E-state index is 12.3. The quantitative estimate of drug-likeness (QED) is 0.368. The maximum Gasteiger partial charge on any atom is 0.324 e. The number of piperazine rings is 2. The largest absolute Gasteiger partial charge is 0.443 e. The Balaban J connectivity index is 1.95. The average Bonchev–Trinajstić information content (AvgIpc) is 2.58. The van der Waals surface area contributed by atoms with Gasteiger partial charge in [-0.1, -0.05) is 0 Å². The molecule has 0 bridgehead atoms. The van der Waals surface area contributed by atoms with Crippen LogP contribution in [0.3, 0.4) is 0 Å². The number of esters is 1. The smallest absolute Gasteiger partial charge is 0.324 e. The van der Waals surface area contributed by atoms with Gasteiger partial charge in [0, 0.05) is 12.1 Å². The van der Waals surface area contributed by atoms with Crippen LogP contribution in [0.1, 0.15) is 20.8 Å². The second-order valence-electron chi connectivity index (χ2n) is 6.86. The lowest BCUT2D eigenvalue weighted by molar-refractivity contribution is -0.165. The summed E-state index contributed by atoms with van der Waals surface area (Å²) < 4.78 is 4.86. The highest BCUT2D eigenvalue weighted by atomic mass is 16.5. The van der Waals surface area contributed by atoms with E-state index in [2.05, 4.69) is 5.32 Å². The highest BCUT2D eigenvalue weighted by Gasteiger charge is 2.38. The number of hydrogen-bond acceptors (Lipinski definition) is 9. The van der Waals surface area contributed by atoms with Crippen molar-refractivity contribution in [3.63, 3.8) is 0 Å². The zero-order valence-electron chi connectivity index (χ0n) is 15.6. The summed E-state index contributed by atoms with van der Waals surface area (Å²) in [4.78, 5) is 63.4. The van der Waals surface area contributed by atoms with E-state index in [1.165, 1.54) is 6.92 Å². The van der Waals surface area contributed by atoms with Gasteiger partial charge in [-0.25, -0.2) is 4.90 Å². The number of rotatable bonds is 6. The van der Waals surface area contributed by atoms with E-state index >= 15 is 0 Å². The summed E-state index contributed by atoms with van der Waals surface area (Å²) in [7, 11) is 0. The zero-order valence-corrected chi connectivity index (χ0v) is 15.6. The molecule has 2 heterocycles. The number of nitrogens with one attached hydrogen (secondary N) is 1. The first kappa shape index (κ1) is 20.9. The summed E-state index contributed by atoms with van der Waals surface area (Å²) >= 11 is 0. The minimum atomic E-state index is -0.846. The summed E-state index contributed by atoms with van der Waals surface area (Å²) in [5.41, 5.74) is 5.38. The molecular weight excluding hydrogens is 358 g/mol. The monoisotopic (exact) mass is 383 g/mol. The van der Waals surface area contributed by atoms with Gasteiger partial charge in [0.15, 0.2) is 6.73 Å². The Morgan fingerprint density at radius 3 is 1.85 bits per heavy atom. The molecule has 11 heteroatoms. The molecule has 2 fully saturated rings. The van der Waals surface area contributed by atoms with Crippen molar-refractivity contribution < 1.29 is 28.7 Å². The average molecular weight is 383 g/mol. The molecule has 0 aliphatic carbocycles. The summed E-state index contributed by atoms with van der Waals surface area (Å²) in [5.74, 6) is -2.44. The van der Waals surface area contributed by atoms with E-state index in [-0.39, 0.29) is 50.1 Å². The Hall–Kier alpha value is -2.37. The highest BCUT2D eigenvalue weighted by molar-refractivity contribution is 6.00. The van der Waals surface area contributed by atoms with Crippen LogP contribution in [0.5, 0.6) is 0 Å². The molecule has 27 heavy (non-hydrogen) atoms. The molecule has 11 nitrogen and oxygen atoms in total. The number of hydrogen-bond donors (Lipinski definition) is 2. The van der Waals surface area contributed by atoms with Gasteiger partial charge >= 0.3 is 5.97 Å². The van der Waals surface area contributed by atoms with E-state index in [1.54, 1.807) is 9.80 Å². The normalized spacial score (nSPS) is 23.0. The summed E-state index contributed by atoms with van der Waals surface area (Å²) in [6.45, 7) is 4.71. The van der Waals surface area contributed by atoms with Crippen molar-refractivity contribution >= 4 is 29.6 Å². The van der Waals surface area contributed by atoms with Crippen LogP contribution in [0.25, 0.3) is 0 Å². The van der Waals surface area contributed by atoms with Crippen LogP contribution < -0.4 is 11.1 Å². The van der Waals surface area contributed by atoms with Gasteiger partial charge in [0.2, 0.25) is 23.6 Å². The van der Waals surface area contributed by atoms with Crippen molar-refractivity contribution in [1.29, 1.82) is 0 Å². The van der Waals surface area contributed by atoms with Crippen LogP contribution in [0, 0.1) is 0 Å². The van der Waals surface area contributed by atoms with Crippen molar-refractivity contribution in [1.82, 2.24) is 20.0 Å². The van der Waals surface area contributed by atoms with E-state index < -0.39 is 30.6 Å². The molecule has 0 radical (unpaired) electrons. The van der Waals surface area contributed by atoms with E-state index in [4.69, 9.17) is 10.5 Å². The Labute approximate surface area is 156 Å². The Kier molecular flexibility index (Phi) is 6.63. The van der Waals surface area contributed by atoms with Crippen LogP contribution >= 0.6 is 0 Å². The van der Waals surface area contributed by atoms with E-state index in [0.29, 0.717) is 0 Å². The van der Waals surface area contributed by atoms with Crippen LogP contribution in [0.2, 0.25) is 0 Å². The van der Waals surface area contributed by atoms with Crippen LogP contribution in [0.15, 0.2) is 0 Å². The predicted molar refractivity (Wildman–Crippen MR) is 91.7 cm³/mol. The van der Waals surface area contributed by atoms with Gasteiger partial charge in [0.1, 0.15) is 6.04 Å². The minimum Gasteiger partial charge on any atom is -0.443 e. The first-order chi connectivity index (χ1) is 12.6. The molecule has 0 aromatic carbocycles. The lowest BCUT2D eigenvalue weighted by atomic mass is 10.1. The molecule has 3 unspecified atom stereocenters. The van der Waals surface area contributed by atoms with Gasteiger partial charge in [-0.05, 0) is 20.8 Å². The molecule has 2 aliphatic heterocycles. The second-order valence-corrected chi connectivity index (χ2v) is 6.86. The molecule has 0 saturated carbocycles. The lowest BCUT2D eigenvalue weighted by Gasteiger charge is -2.41. The molecule has 0 spiro atoms. The topological polar surface area (TPSA) is 142 Å². The van der Waals surface area contributed by atoms with Crippen molar-refractivity contribution in [2.75, 3.05) is 32.9 Å². The molecule has 3 atom stereocenters. The van der Waals surface area contributed by atoms with Crippen molar-refractivity contribution in [2.24, 2.45) is 5.73 Å². The van der Waals surface area contributed by atoms with Gasteiger partial charge in [-0.2, -0.15) is 0 Å². The molecule has 4 amide bonds. The molecule has 0 aromatic heterocycles. The fraction of sp³-hybridized carbons (Fsp3) is 0.688. The highest BCUT2D eigenvalue weighted by Crippen LogP contribution is 2.16. The molecule has 2 saturated heterocycles. The van der Waals surface area contributed by atoms with Gasteiger partial charge in [0.05, 0.1) is 26.2 Å². The number of imide groups is 2. The standard InChI is InChI=1S/C16H25N5O6/c1-9(17)16(26)27-8-21-14(24)6-20(7-15(21)25)11(3)10(2)19-4-12(22)18-13(23)5-19/h9-11H,4-8,17H2,1-3H3,(H,18,22,23). The van der Waals surface area contributed by atoms with Gasteiger partial charge in [0.25, 0.3) is 0 Å². The third-order valence-electron chi connectivity index (χ3n) is 4.81. The third-order valence-corrected chi connectivity index (χ3v) is 4.81. The second kappa shape index (κ2) is 8.55. The van der Waals surface area contributed by atoms with Crippen molar-refractivity contribution in [3.8, 4) is 0 Å². The minimum absolute atomic E-state index is 0.0407. The fourth-order valence-electron chi connectivity index (χ4n) is 2.96. The molecular formula is C16H25N5O6. The Morgan fingerprint density at radius 1 is 0.963 bits per heavy atom. The van der Waals surface area contributed by atoms with Crippen LogP contribution in [-0.4, -0.2) is 95.3 Å². The summed E-state index contributed by atoms with van der Waals surface area (Å²) in [5, 5.41) is 2.24. The first-order valence-electron chi connectivity index (χ1n) is 8.66. The molecule has 2 rings (SSSR count). The molecule has 150 valence electrons. The summed E-state index contributed by atoms with van der Waals surface area (Å²) in [6.07, 6.45) is 0. The van der Waals surface area contributed by atoms with Gasteiger partial charge in [-0.15, -0.1) is 0 Å². The maximum absolute atomic E-state index is 12.3. The lowest BCUT2D eigenvalue weighted by Crippen LogP contribution is -2.62. The number of amides is 4. The van der Waals surface area contributed by atoms with Crippen LogP contribution in [-0.2, 0) is 28.7 Å². The Morgan fingerprint density at radius 2 is 1.41 bits per heavy atom. The fourth-order valence-corrected chi connectivity index (χ4v) is 2.96. The van der Waals surface area contributed by atoms with Gasteiger partial charge < -0.3 is 10.5 Å². The predicted octanol–water partition coefficient (Wildman–Crippen LogP) is -2.76. The van der Waals surface area contributed by atoms with Crippen molar-refractivity contribution in [3.05, 3.63) is 0 Å². The van der Waals surface area contributed by atoms with Crippen molar-refractivity contribution in [2.45, 2.75) is 38.9 Å². The molecule has 3 N–H and O–H groups in total. The van der Waals surface area contributed by atoms with E-state index in [1.807, 2.05) is 13.8 Å². The number of nitrogens with two attached hydrogens (primary N) is 1.